The van der Waals surface area contributed by atoms with E-state index < -0.39 is 0 Å². The average molecular weight is 456 g/mol. The second kappa shape index (κ2) is 10.6. The fourth-order valence-corrected chi connectivity index (χ4v) is 4.39. The highest BCUT2D eigenvalue weighted by Gasteiger charge is 2.29. The van der Waals surface area contributed by atoms with E-state index in [1.165, 1.54) is 5.56 Å². The maximum absolute atomic E-state index is 13.2. The number of carbonyl (C=O) groups is 1. The molecule has 4 aromatic rings. The minimum absolute atomic E-state index is 0.0974. The molecule has 2 aromatic carbocycles. The number of hydrogen-bond acceptors (Lipinski definition) is 5. The molecule has 1 aliphatic rings. The van der Waals surface area contributed by atoms with Crippen LogP contribution in [0.3, 0.4) is 0 Å². The van der Waals surface area contributed by atoms with E-state index in [2.05, 4.69) is 27.0 Å². The lowest BCUT2D eigenvalue weighted by Crippen LogP contribution is -2.39. The lowest BCUT2D eigenvalue weighted by molar-refractivity contribution is -0.131. The van der Waals surface area contributed by atoms with Crippen LogP contribution in [0.1, 0.15) is 17.0 Å². The molecule has 2 aromatic heterocycles. The highest BCUT2D eigenvalue weighted by atomic mass is 16.5. The molecule has 7 nitrogen and oxygen atoms in total. The number of benzene rings is 2. The first kappa shape index (κ1) is 22.3. The molecule has 0 aliphatic carbocycles. The van der Waals surface area contributed by atoms with Gasteiger partial charge in [0.2, 0.25) is 5.91 Å². The van der Waals surface area contributed by atoms with Crippen molar-refractivity contribution in [2.45, 2.75) is 25.7 Å². The lowest BCUT2D eigenvalue weighted by atomic mass is 10.1. The van der Waals surface area contributed by atoms with Crippen molar-refractivity contribution in [2.75, 3.05) is 26.2 Å². The van der Waals surface area contributed by atoms with Crippen molar-refractivity contribution in [1.29, 1.82) is 0 Å². The molecule has 1 atom stereocenters. The Morgan fingerprint density at radius 3 is 2.56 bits per heavy atom. The number of para-hydroxylation sites is 2. The molecule has 1 fully saturated rings. The summed E-state index contributed by atoms with van der Waals surface area (Å²) in [4.78, 5) is 29.5. The number of pyridine rings is 1. The van der Waals surface area contributed by atoms with E-state index in [0.717, 1.165) is 28.8 Å². The van der Waals surface area contributed by atoms with Crippen LogP contribution in [0.25, 0.3) is 11.0 Å². The predicted molar refractivity (Wildman–Crippen MR) is 131 cm³/mol. The van der Waals surface area contributed by atoms with Crippen LogP contribution >= 0.6 is 0 Å². The van der Waals surface area contributed by atoms with Crippen LogP contribution in [-0.4, -0.2) is 62.9 Å². The Balaban J connectivity index is 1.30. The van der Waals surface area contributed by atoms with Gasteiger partial charge in [-0.3, -0.25) is 14.7 Å². The van der Waals surface area contributed by atoms with Gasteiger partial charge in [0.1, 0.15) is 5.82 Å². The van der Waals surface area contributed by atoms with Crippen LogP contribution in [0.15, 0.2) is 79.1 Å². The summed E-state index contributed by atoms with van der Waals surface area (Å²) in [5.41, 5.74) is 4.25. The number of aromatic nitrogens is 3. The number of nitrogens with zero attached hydrogens (tertiary/aromatic N) is 4. The first-order valence-corrected chi connectivity index (χ1v) is 11.7. The van der Waals surface area contributed by atoms with Crippen molar-refractivity contribution in [3.63, 3.8) is 0 Å². The molecular formula is C27H29N5O2. The Kier molecular flexibility index (Phi) is 6.93. The molecule has 0 saturated carbocycles. The molecule has 0 spiro atoms. The maximum atomic E-state index is 13.2. The van der Waals surface area contributed by atoms with Gasteiger partial charge >= 0.3 is 0 Å². The smallest absolute Gasteiger partial charge is 0.236 e. The van der Waals surface area contributed by atoms with Crippen LogP contribution in [-0.2, 0) is 29.1 Å². The number of fused-ring (bicyclic) bond motifs is 1. The lowest BCUT2D eigenvalue weighted by Gasteiger charge is -2.25. The number of carbonyl (C=O) groups excluding carboxylic acids is 1. The maximum Gasteiger partial charge on any atom is 0.236 e. The van der Waals surface area contributed by atoms with E-state index in [9.17, 15) is 4.79 Å². The number of nitrogens with one attached hydrogen (secondary N) is 1. The highest BCUT2D eigenvalue weighted by molar-refractivity contribution is 5.78. The summed E-state index contributed by atoms with van der Waals surface area (Å²) in [7, 11) is 0. The second-order valence-corrected chi connectivity index (χ2v) is 8.73. The second-order valence-electron chi connectivity index (χ2n) is 8.73. The molecular weight excluding hydrogens is 426 g/mol. The van der Waals surface area contributed by atoms with E-state index in [1.807, 2.05) is 59.5 Å². The van der Waals surface area contributed by atoms with E-state index in [4.69, 9.17) is 9.72 Å². The fourth-order valence-electron chi connectivity index (χ4n) is 4.39. The summed E-state index contributed by atoms with van der Waals surface area (Å²) >= 11 is 0. The van der Waals surface area contributed by atoms with Crippen molar-refractivity contribution in [3.05, 3.63) is 96.1 Å². The minimum Gasteiger partial charge on any atom is -0.370 e. The molecule has 1 unspecified atom stereocenters. The first-order chi connectivity index (χ1) is 16.7. The van der Waals surface area contributed by atoms with Crippen molar-refractivity contribution < 1.29 is 9.53 Å². The van der Waals surface area contributed by atoms with Gasteiger partial charge in [0, 0.05) is 32.0 Å². The number of rotatable bonds is 8. The molecule has 0 bridgehead atoms. The predicted octanol–water partition coefficient (Wildman–Crippen LogP) is 3.43. The van der Waals surface area contributed by atoms with Crippen molar-refractivity contribution >= 4 is 16.9 Å². The minimum atomic E-state index is -0.0974. The van der Waals surface area contributed by atoms with Gasteiger partial charge < -0.3 is 14.6 Å². The Bertz CT molecular complexity index is 1180. The largest absolute Gasteiger partial charge is 0.370 e. The molecule has 3 heterocycles. The molecule has 1 amide bonds. The SMILES string of the molecule is O=C1CN(Cc2nc3ccccc3[nH]2)CC(OCc2ccncc2)CN1CCc1ccccc1. The summed E-state index contributed by atoms with van der Waals surface area (Å²) < 4.78 is 6.31. The van der Waals surface area contributed by atoms with Crippen molar-refractivity contribution in [2.24, 2.45) is 0 Å². The van der Waals surface area contributed by atoms with Crippen LogP contribution in [0.2, 0.25) is 0 Å². The van der Waals surface area contributed by atoms with Gasteiger partial charge in [0.05, 0.1) is 36.8 Å². The van der Waals surface area contributed by atoms with Gasteiger partial charge in [-0.25, -0.2) is 4.98 Å². The van der Waals surface area contributed by atoms with Crippen LogP contribution < -0.4 is 0 Å². The van der Waals surface area contributed by atoms with Crippen LogP contribution in [0.5, 0.6) is 0 Å². The summed E-state index contributed by atoms with van der Waals surface area (Å²) in [5, 5.41) is 0. The average Bonchev–Trinajstić information content (AvgIpc) is 3.21. The van der Waals surface area contributed by atoms with Gasteiger partial charge in [-0.15, -0.1) is 0 Å². The topological polar surface area (TPSA) is 74.3 Å². The number of imidazole rings is 1. The van der Waals surface area contributed by atoms with E-state index >= 15 is 0 Å². The van der Waals surface area contributed by atoms with E-state index in [-0.39, 0.29) is 12.0 Å². The zero-order chi connectivity index (χ0) is 23.2. The molecule has 0 radical (unpaired) electrons. The highest BCUT2D eigenvalue weighted by Crippen LogP contribution is 2.16. The number of hydrogen-bond donors (Lipinski definition) is 1. The van der Waals surface area contributed by atoms with Crippen molar-refractivity contribution in [1.82, 2.24) is 24.8 Å². The number of amides is 1. The Morgan fingerprint density at radius 2 is 1.74 bits per heavy atom. The third kappa shape index (κ3) is 5.68. The Labute approximate surface area is 199 Å². The third-order valence-electron chi connectivity index (χ3n) is 6.16. The zero-order valence-corrected chi connectivity index (χ0v) is 19.1. The van der Waals surface area contributed by atoms with Crippen molar-refractivity contribution in [3.8, 4) is 0 Å². The third-order valence-corrected chi connectivity index (χ3v) is 6.16. The van der Waals surface area contributed by atoms with Gasteiger partial charge in [-0.2, -0.15) is 0 Å². The summed E-state index contributed by atoms with van der Waals surface area (Å²) in [6, 6.07) is 22.2. The summed E-state index contributed by atoms with van der Waals surface area (Å²) in [6.07, 6.45) is 4.28. The zero-order valence-electron chi connectivity index (χ0n) is 19.1. The molecule has 1 N–H and O–H groups in total. The quantitative estimate of drug-likeness (QED) is 0.441. The monoisotopic (exact) mass is 455 g/mol. The van der Waals surface area contributed by atoms with Gasteiger partial charge in [-0.1, -0.05) is 42.5 Å². The van der Waals surface area contributed by atoms with Gasteiger partial charge in [0.15, 0.2) is 0 Å². The number of ether oxygens (including phenoxy) is 1. The Morgan fingerprint density at radius 1 is 0.941 bits per heavy atom. The standard InChI is InChI=1S/C27H29N5O2/c33-27-19-31(18-26-29-24-8-4-5-9-25(24)30-26)16-23(34-20-22-10-13-28-14-11-22)17-32(27)15-12-21-6-2-1-3-7-21/h1-11,13-14,23H,12,15-20H2,(H,29,30). The Hall–Kier alpha value is -3.55. The molecule has 7 heteroatoms. The van der Waals surface area contributed by atoms with Gasteiger partial charge in [0.25, 0.3) is 0 Å². The normalized spacial score (nSPS) is 17.2. The van der Waals surface area contributed by atoms with Crippen LogP contribution in [0, 0.1) is 0 Å². The molecule has 5 rings (SSSR count). The molecule has 174 valence electrons. The molecule has 1 saturated heterocycles. The number of H-pyrrole nitrogens is 1. The summed E-state index contributed by atoms with van der Waals surface area (Å²) in [6.45, 7) is 3.33. The molecule has 34 heavy (non-hydrogen) atoms. The fraction of sp³-hybridized carbons (Fsp3) is 0.296. The summed E-state index contributed by atoms with van der Waals surface area (Å²) in [5.74, 6) is 0.988. The van der Waals surface area contributed by atoms with Crippen LogP contribution in [0.4, 0.5) is 0 Å². The van der Waals surface area contributed by atoms with E-state index in [1.54, 1.807) is 12.4 Å². The first-order valence-electron chi connectivity index (χ1n) is 11.7. The number of aromatic amines is 1. The van der Waals surface area contributed by atoms with E-state index in [0.29, 0.717) is 39.3 Å². The molecule has 1 aliphatic heterocycles. The van der Waals surface area contributed by atoms with Gasteiger partial charge in [-0.05, 0) is 41.8 Å².